The minimum Gasteiger partial charge on any atom is -0.306 e. The molecule has 0 aliphatic heterocycles. The molecule has 0 spiro atoms. The van der Waals surface area contributed by atoms with Gasteiger partial charge in [-0.05, 0) is 53.9 Å². The Hall–Kier alpha value is -0.210. The van der Waals surface area contributed by atoms with Gasteiger partial charge in [-0.25, -0.2) is 0 Å². The van der Waals surface area contributed by atoms with E-state index in [9.17, 15) is 0 Å². The van der Waals surface area contributed by atoms with Gasteiger partial charge >= 0.3 is 10.4 Å². The second-order valence-electron chi connectivity index (χ2n) is 6.96. The molecule has 0 heterocycles. The fraction of sp³-hybridized carbons (Fsp3) is 1.00. The predicted molar refractivity (Wildman–Crippen MR) is 95.3 cm³/mol. The molecule has 2 N–H and O–H groups in total. The molecule has 0 unspecified atom stereocenters. The number of nitrogens with zero attached hydrogens (tertiary/aromatic N) is 2. The molecule has 0 radical (unpaired) electrons. The first-order chi connectivity index (χ1) is 10.6. The van der Waals surface area contributed by atoms with Crippen molar-refractivity contribution in [3.63, 3.8) is 0 Å². The van der Waals surface area contributed by atoms with Crippen molar-refractivity contribution in [3.05, 3.63) is 0 Å². The average molecular weight is 353 g/mol. The second kappa shape index (κ2) is 12.2. The highest BCUT2D eigenvalue weighted by Crippen LogP contribution is 2.20. The van der Waals surface area contributed by atoms with Crippen LogP contribution in [0.1, 0.15) is 64.2 Å². The molecule has 140 valence electrons. The van der Waals surface area contributed by atoms with Crippen molar-refractivity contribution in [1.29, 1.82) is 0 Å². The standard InChI is InChI=1S/2C8H17N.H2O4S/c2*1-9(2)8-6-4-3-5-7-8;1-5(2,3)4/h2*8H,3-7H2,1-2H3;(H2,1,2,3,4). The maximum Gasteiger partial charge on any atom is 0.394 e. The Morgan fingerprint density at radius 1 is 0.652 bits per heavy atom. The Labute approximate surface area is 142 Å². The van der Waals surface area contributed by atoms with Crippen LogP contribution >= 0.6 is 0 Å². The van der Waals surface area contributed by atoms with E-state index in [1.807, 2.05) is 0 Å². The summed E-state index contributed by atoms with van der Waals surface area (Å²) in [6.45, 7) is 0. The predicted octanol–water partition coefficient (Wildman–Crippen LogP) is 3.11. The van der Waals surface area contributed by atoms with Crippen LogP contribution in [-0.2, 0) is 10.4 Å². The molecule has 0 bridgehead atoms. The summed E-state index contributed by atoms with van der Waals surface area (Å²) in [5.74, 6) is 0. The monoisotopic (exact) mass is 352 g/mol. The highest BCUT2D eigenvalue weighted by atomic mass is 32.3. The van der Waals surface area contributed by atoms with E-state index in [2.05, 4.69) is 38.0 Å². The summed E-state index contributed by atoms with van der Waals surface area (Å²) < 4.78 is 31.6. The molecular formula is C16H36N2O4S. The largest absolute Gasteiger partial charge is 0.394 e. The molecule has 2 aliphatic carbocycles. The van der Waals surface area contributed by atoms with E-state index in [1.54, 1.807) is 0 Å². The summed E-state index contributed by atoms with van der Waals surface area (Å²) in [5.41, 5.74) is 0. The Kier molecular flexibility index (Phi) is 12.1. The maximum atomic E-state index is 8.74. The van der Waals surface area contributed by atoms with Gasteiger partial charge < -0.3 is 9.80 Å². The molecule has 0 amide bonds. The van der Waals surface area contributed by atoms with Crippen LogP contribution in [0.2, 0.25) is 0 Å². The van der Waals surface area contributed by atoms with Crippen LogP contribution in [0.4, 0.5) is 0 Å². The van der Waals surface area contributed by atoms with Crippen molar-refractivity contribution in [3.8, 4) is 0 Å². The third kappa shape index (κ3) is 15.1. The minimum atomic E-state index is -4.67. The van der Waals surface area contributed by atoms with Gasteiger partial charge in [-0.15, -0.1) is 0 Å². The van der Waals surface area contributed by atoms with Crippen molar-refractivity contribution >= 4 is 10.4 Å². The molecule has 23 heavy (non-hydrogen) atoms. The topological polar surface area (TPSA) is 81.1 Å². The summed E-state index contributed by atoms with van der Waals surface area (Å²) in [6.07, 6.45) is 14.4. The van der Waals surface area contributed by atoms with E-state index in [4.69, 9.17) is 17.5 Å². The molecular weight excluding hydrogens is 316 g/mol. The van der Waals surface area contributed by atoms with E-state index in [-0.39, 0.29) is 0 Å². The highest BCUT2D eigenvalue weighted by Gasteiger charge is 2.14. The van der Waals surface area contributed by atoms with E-state index >= 15 is 0 Å². The van der Waals surface area contributed by atoms with Crippen LogP contribution in [0.15, 0.2) is 0 Å². The lowest BCUT2D eigenvalue weighted by Gasteiger charge is -2.27. The van der Waals surface area contributed by atoms with Crippen LogP contribution < -0.4 is 0 Å². The van der Waals surface area contributed by atoms with E-state index in [1.165, 1.54) is 64.2 Å². The Balaban J connectivity index is 0.000000332. The second-order valence-corrected chi connectivity index (χ2v) is 7.85. The Morgan fingerprint density at radius 2 is 0.870 bits per heavy atom. The van der Waals surface area contributed by atoms with Gasteiger partial charge in [0.25, 0.3) is 0 Å². The van der Waals surface area contributed by atoms with Gasteiger partial charge in [0.15, 0.2) is 0 Å². The smallest absolute Gasteiger partial charge is 0.306 e. The fourth-order valence-electron chi connectivity index (χ4n) is 3.19. The third-order valence-corrected chi connectivity index (χ3v) is 4.61. The van der Waals surface area contributed by atoms with Crippen molar-refractivity contribution in [2.75, 3.05) is 28.2 Å². The van der Waals surface area contributed by atoms with Gasteiger partial charge in [0, 0.05) is 12.1 Å². The SMILES string of the molecule is CN(C)C1CCCCC1.CN(C)C1CCCCC1.O=S(=O)(O)O. The third-order valence-electron chi connectivity index (χ3n) is 4.61. The molecule has 2 fully saturated rings. The number of hydrogen-bond donors (Lipinski definition) is 2. The summed E-state index contributed by atoms with van der Waals surface area (Å²) in [4.78, 5) is 4.72. The normalized spacial score (nSPS) is 20.5. The summed E-state index contributed by atoms with van der Waals surface area (Å²) in [5, 5.41) is 0. The molecule has 0 saturated heterocycles. The van der Waals surface area contributed by atoms with Gasteiger partial charge in [0.1, 0.15) is 0 Å². The van der Waals surface area contributed by atoms with Gasteiger partial charge in [-0.3, -0.25) is 9.11 Å². The van der Waals surface area contributed by atoms with Gasteiger partial charge in [-0.2, -0.15) is 8.42 Å². The molecule has 0 aromatic heterocycles. The van der Waals surface area contributed by atoms with Crippen LogP contribution in [0.3, 0.4) is 0 Å². The van der Waals surface area contributed by atoms with Crippen LogP contribution in [0, 0.1) is 0 Å². The first-order valence-electron chi connectivity index (χ1n) is 8.64. The summed E-state index contributed by atoms with van der Waals surface area (Å²) in [7, 11) is 4.10. The van der Waals surface area contributed by atoms with Crippen LogP contribution in [0.5, 0.6) is 0 Å². The number of hydrogen-bond acceptors (Lipinski definition) is 4. The van der Waals surface area contributed by atoms with Crippen LogP contribution in [0.25, 0.3) is 0 Å². The van der Waals surface area contributed by atoms with E-state index < -0.39 is 10.4 Å². The van der Waals surface area contributed by atoms with Crippen molar-refractivity contribution in [2.45, 2.75) is 76.3 Å². The number of rotatable bonds is 2. The zero-order valence-corrected chi connectivity index (χ0v) is 16.1. The molecule has 2 saturated carbocycles. The van der Waals surface area contributed by atoms with E-state index in [0.717, 1.165) is 12.1 Å². The lowest BCUT2D eigenvalue weighted by molar-refractivity contribution is 0.229. The summed E-state index contributed by atoms with van der Waals surface area (Å²) in [6, 6.07) is 1.78. The fourth-order valence-corrected chi connectivity index (χ4v) is 3.19. The zero-order valence-electron chi connectivity index (χ0n) is 15.2. The highest BCUT2D eigenvalue weighted by molar-refractivity contribution is 7.79. The molecule has 6 nitrogen and oxygen atoms in total. The molecule has 2 rings (SSSR count). The summed E-state index contributed by atoms with van der Waals surface area (Å²) >= 11 is 0. The molecule has 0 aromatic carbocycles. The first-order valence-corrected chi connectivity index (χ1v) is 10.0. The van der Waals surface area contributed by atoms with Gasteiger partial charge in [0.05, 0.1) is 0 Å². The zero-order chi connectivity index (χ0) is 17.9. The Morgan fingerprint density at radius 3 is 1.00 bits per heavy atom. The van der Waals surface area contributed by atoms with Gasteiger partial charge in [-0.1, -0.05) is 38.5 Å². The lowest BCUT2D eigenvalue weighted by atomic mass is 9.95. The van der Waals surface area contributed by atoms with Gasteiger partial charge in [0.2, 0.25) is 0 Å². The van der Waals surface area contributed by atoms with Crippen molar-refractivity contribution in [2.24, 2.45) is 0 Å². The maximum absolute atomic E-state index is 8.74. The quantitative estimate of drug-likeness (QED) is 0.743. The van der Waals surface area contributed by atoms with Crippen molar-refractivity contribution in [1.82, 2.24) is 9.80 Å². The van der Waals surface area contributed by atoms with Crippen molar-refractivity contribution < 1.29 is 17.5 Å². The first kappa shape index (κ1) is 22.8. The molecule has 0 aromatic rings. The van der Waals surface area contributed by atoms with Crippen LogP contribution in [-0.4, -0.2) is 67.6 Å². The lowest BCUT2D eigenvalue weighted by Crippen LogP contribution is -2.29. The minimum absolute atomic E-state index is 0.888. The molecule has 0 atom stereocenters. The average Bonchev–Trinajstić information content (AvgIpc) is 2.48. The molecule has 2 aliphatic rings. The molecule has 7 heteroatoms. The Bertz CT molecular complexity index is 344. The van der Waals surface area contributed by atoms with E-state index in [0.29, 0.717) is 0 Å².